The molecule has 1 aromatic heterocycles. The van der Waals surface area contributed by atoms with Crippen LogP contribution in [0.4, 0.5) is 5.69 Å². The molecule has 0 atom stereocenters. The van der Waals surface area contributed by atoms with Gasteiger partial charge in [0.05, 0.1) is 5.69 Å². The van der Waals surface area contributed by atoms with E-state index in [1.165, 1.54) is 11.8 Å². The number of benzene rings is 3. The largest absolute Gasteiger partial charge is 0.271 e. The van der Waals surface area contributed by atoms with E-state index >= 15 is 0 Å². The lowest BCUT2D eigenvalue weighted by Crippen LogP contribution is -2.35. The van der Waals surface area contributed by atoms with Crippen molar-refractivity contribution in [1.29, 1.82) is 0 Å². The lowest BCUT2D eigenvalue weighted by molar-refractivity contribution is -0.114. The summed E-state index contributed by atoms with van der Waals surface area (Å²) in [5, 5.41) is 11.1. The molecule has 1 amide bonds. The third kappa shape index (κ3) is 3.23. The number of hydrogen-bond acceptors (Lipinski definition) is 4. The summed E-state index contributed by atoms with van der Waals surface area (Å²) in [6, 6.07) is 29.2. The van der Waals surface area contributed by atoms with Gasteiger partial charge in [0.25, 0.3) is 5.91 Å². The molecule has 0 aliphatic carbocycles. The molecule has 6 heteroatoms. The van der Waals surface area contributed by atoms with Gasteiger partial charge in [-0.15, -0.1) is 10.2 Å². The molecular formula is C23H16N4OS. The smallest absolute Gasteiger partial charge is 0.267 e. The Morgan fingerprint density at radius 3 is 1.93 bits per heavy atom. The van der Waals surface area contributed by atoms with Crippen molar-refractivity contribution in [2.24, 2.45) is 0 Å². The molecule has 0 saturated carbocycles. The normalized spacial score (nSPS) is 13.6. The fourth-order valence-corrected chi connectivity index (χ4v) is 4.18. The first kappa shape index (κ1) is 17.5. The molecule has 0 radical (unpaired) electrons. The summed E-state index contributed by atoms with van der Waals surface area (Å²) < 4.78 is 1.80. The molecule has 1 aliphatic rings. The SMILES string of the molecule is O=C1C=C(c2ccccc2)Sc2nnc(-c3ccccc3)n2N1c1ccccc1. The van der Waals surface area contributed by atoms with Gasteiger partial charge in [-0.05, 0) is 29.5 Å². The van der Waals surface area contributed by atoms with Crippen LogP contribution >= 0.6 is 11.8 Å². The summed E-state index contributed by atoms with van der Waals surface area (Å²) >= 11 is 1.44. The van der Waals surface area contributed by atoms with Crippen molar-refractivity contribution in [3.8, 4) is 11.4 Å². The predicted molar refractivity (Wildman–Crippen MR) is 115 cm³/mol. The van der Waals surface area contributed by atoms with Gasteiger partial charge in [-0.1, -0.05) is 78.9 Å². The number of amides is 1. The van der Waals surface area contributed by atoms with Crippen molar-refractivity contribution in [2.45, 2.75) is 5.16 Å². The van der Waals surface area contributed by atoms with Crippen LogP contribution in [0.25, 0.3) is 16.3 Å². The quantitative estimate of drug-likeness (QED) is 0.495. The fraction of sp³-hybridized carbons (Fsp3) is 0. The van der Waals surface area contributed by atoms with Gasteiger partial charge in [0.1, 0.15) is 0 Å². The number of carbonyl (C=O) groups is 1. The highest BCUT2D eigenvalue weighted by molar-refractivity contribution is 8.08. The first-order valence-corrected chi connectivity index (χ1v) is 9.98. The Morgan fingerprint density at radius 1 is 0.690 bits per heavy atom. The van der Waals surface area contributed by atoms with Gasteiger partial charge in [0, 0.05) is 16.5 Å². The van der Waals surface area contributed by atoms with E-state index in [0.717, 1.165) is 21.7 Å². The third-order valence-corrected chi connectivity index (χ3v) is 5.58. The van der Waals surface area contributed by atoms with E-state index in [4.69, 9.17) is 0 Å². The summed E-state index contributed by atoms with van der Waals surface area (Å²) in [5.41, 5.74) is 2.61. The maximum absolute atomic E-state index is 13.4. The second kappa shape index (κ2) is 7.41. The van der Waals surface area contributed by atoms with Crippen molar-refractivity contribution in [2.75, 3.05) is 5.01 Å². The Kier molecular flexibility index (Phi) is 4.46. The standard InChI is InChI=1S/C23H16N4OS/c28-21-16-20(17-10-4-1-5-11-17)29-23-25-24-22(18-12-6-2-7-13-18)27(23)26(21)19-14-8-3-9-15-19/h1-16H. The molecule has 140 valence electrons. The predicted octanol–water partition coefficient (Wildman–Crippen LogP) is 4.89. The summed E-state index contributed by atoms with van der Waals surface area (Å²) in [5.74, 6) is 0.464. The summed E-state index contributed by atoms with van der Waals surface area (Å²) in [6.07, 6.45) is 1.66. The first-order valence-electron chi connectivity index (χ1n) is 9.16. The second-order valence-corrected chi connectivity index (χ2v) is 7.46. The topological polar surface area (TPSA) is 51.0 Å². The van der Waals surface area contributed by atoms with Gasteiger partial charge >= 0.3 is 0 Å². The minimum Gasteiger partial charge on any atom is -0.267 e. The van der Waals surface area contributed by atoms with Crippen molar-refractivity contribution < 1.29 is 4.79 Å². The number of thioether (sulfide) groups is 1. The number of anilines is 1. The van der Waals surface area contributed by atoms with E-state index in [9.17, 15) is 4.79 Å². The van der Waals surface area contributed by atoms with Crippen LogP contribution < -0.4 is 5.01 Å². The molecule has 4 aromatic rings. The number of hydrogen-bond donors (Lipinski definition) is 0. The third-order valence-electron chi connectivity index (χ3n) is 4.57. The number of aromatic nitrogens is 3. The number of rotatable bonds is 3. The molecule has 5 rings (SSSR count). The lowest BCUT2D eigenvalue weighted by atomic mass is 10.2. The van der Waals surface area contributed by atoms with Gasteiger partial charge in [0.2, 0.25) is 5.16 Å². The van der Waals surface area contributed by atoms with Crippen LogP contribution in [0.15, 0.2) is 102 Å². The zero-order valence-corrected chi connectivity index (χ0v) is 16.2. The Labute approximate surface area is 172 Å². The molecular weight excluding hydrogens is 380 g/mol. The lowest BCUT2D eigenvalue weighted by Gasteiger charge is -2.23. The van der Waals surface area contributed by atoms with Crippen molar-refractivity contribution in [3.05, 3.63) is 103 Å². The zero-order valence-electron chi connectivity index (χ0n) is 15.3. The van der Waals surface area contributed by atoms with Crippen LogP contribution in [0.2, 0.25) is 0 Å². The van der Waals surface area contributed by atoms with E-state index in [-0.39, 0.29) is 5.91 Å². The van der Waals surface area contributed by atoms with Gasteiger partial charge in [-0.25, -0.2) is 5.01 Å². The highest BCUT2D eigenvalue weighted by Gasteiger charge is 2.29. The molecule has 0 saturated heterocycles. The average Bonchev–Trinajstić information content (AvgIpc) is 3.12. The van der Waals surface area contributed by atoms with Crippen LogP contribution in [0.5, 0.6) is 0 Å². The Hall–Kier alpha value is -3.64. The Morgan fingerprint density at radius 2 is 1.28 bits per heavy atom. The number of carbonyl (C=O) groups excluding carboxylic acids is 1. The van der Waals surface area contributed by atoms with Gasteiger partial charge in [-0.2, -0.15) is 4.68 Å². The van der Waals surface area contributed by atoms with Gasteiger partial charge < -0.3 is 0 Å². The average molecular weight is 396 g/mol. The van der Waals surface area contributed by atoms with E-state index in [2.05, 4.69) is 10.2 Å². The fourth-order valence-electron chi connectivity index (χ4n) is 3.23. The van der Waals surface area contributed by atoms with Gasteiger partial charge in [0.15, 0.2) is 5.82 Å². The Balaban J connectivity index is 1.72. The second-order valence-electron chi connectivity index (χ2n) is 6.45. The molecule has 0 bridgehead atoms. The zero-order chi connectivity index (χ0) is 19.6. The van der Waals surface area contributed by atoms with Crippen molar-refractivity contribution in [3.63, 3.8) is 0 Å². The van der Waals surface area contributed by atoms with Crippen LogP contribution in [0.1, 0.15) is 5.56 Å². The van der Waals surface area contributed by atoms with Crippen molar-refractivity contribution in [1.82, 2.24) is 14.9 Å². The maximum atomic E-state index is 13.4. The van der Waals surface area contributed by atoms with Crippen LogP contribution in [-0.2, 0) is 4.79 Å². The molecule has 29 heavy (non-hydrogen) atoms. The minimum atomic E-state index is -0.154. The molecule has 0 spiro atoms. The van der Waals surface area contributed by atoms with E-state index < -0.39 is 0 Å². The summed E-state index contributed by atoms with van der Waals surface area (Å²) in [6.45, 7) is 0. The van der Waals surface area contributed by atoms with Crippen molar-refractivity contribution >= 4 is 28.3 Å². The van der Waals surface area contributed by atoms with Crippen LogP contribution in [0, 0.1) is 0 Å². The Bertz CT molecular complexity index is 1190. The summed E-state index contributed by atoms with van der Waals surface area (Å²) in [7, 11) is 0. The van der Waals surface area contributed by atoms with Crippen LogP contribution in [0.3, 0.4) is 0 Å². The maximum Gasteiger partial charge on any atom is 0.271 e. The summed E-state index contributed by atoms with van der Waals surface area (Å²) in [4.78, 5) is 14.2. The molecule has 5 nitrogen and oxygen atoms in total. The molecule has 1 aliphatic heterocycles. The number of para-hydroxylation sites is 1. The van der Waals surface area contributed by atoms with Crippen LogP contribution in [-0.4, -0.2) is 20.8 Å². The van der Waals surface area contributed by atoms with E-state index in [1.807, 2.05) is 91.0 Å². The van der Waals surface area contributed by atoms with E-state index in [1.54, 1.807) is 15.8 Å². The monoisotopic (exact) mass is 396 g/mol. The highest BCUT2D eigenvalue weighted by atomic mass is 32.2. The molecule has 2 heterocycles. The van der Waals surface area contributed by atoms with E-state index in [0.29, 0.717) is 11.0 Å². The molecule has 0 fully saturated rings. The van der Waals surface area contributed by atoms with Gasteiger partial charge in [-0.3, -0.25) is 4.79 Å². The number of fused-ring (bicyclic) bond motifs is 1. The molecule has 0 unspecified atom stereocenters. The first-order chi connectivity index (χ1) is 14.3. The molecule has 0 N–H and O–H groups in total. The number of nitrogens with zero attached hydrogens (tertiary/aromatic N) is 4. The highest BCUT2D eigenvalue weighted by Crippen LogP contribution is 2.38. The minimum absolute atomic E-state index is 0.154. The molecule has 3 aromatic carbocycles.